The fraction of sp³-hybridized carbons (Fsp3) is 0.533. The van der Waals surface area contributed by atoms with Crippen LogP contribution in [-0.2, 0) is 6.54 Å². The average Bonchev–Trinajstić information content (AvgIpc) is 2.77. The van der Waals surface area contributed by atoms with E-state index in [4.69, 9.17) is 17.0 Å². The molecule has 1 aromatic heterocycles. The summed E-state index contributed by atoms with van der Waals surface area (Å²) in [7, 11) is 3.89. The molecule has 3 rings (SSSR count). The van der Waals surface area contributed by atoms with Crippen molar-refractivity contribution in [1.82, 2.24) is 14.5 Å². The minimum absolute atomic E-state index is 0.711. The molecule has 0 bridgehead atoms. The van der Waals surface area contributed by atoms with Gasteiger partial charge in [-0.25, -0.2) is 0 Å². The number of aromatic amines is 1. The van der Waals surface area contributed by atoms with E-state index in [0.717, 1.165) is 28.1 Å². The van der Waals surface area contributed by atoms with Crippen LogP contribution < -0.4 is 4.74 Å². The van der Waals surface area contributed by atoms with E-state index in [2.05, 4.69) is 27.6 Å². The molecule has 2 heterocycles. The van der Waals surface area contributed by atoms with Gasteiger partial charge in [0.2, 0.25) is 0 Å². The third-order valence-corrected chi connectivity index (χ3v) is 4.58. The Bertz CT molecular complexity index is 653. The molecular weight excluding hydrogens is 270 g/mol. The minimum atomic E-state index is 0.711. The Morgan fingerprint density at radius 2 is 2.10 bits per heavy atom. The van der Waals surface area contributed by atoms with Gasteiger partial charge < -0.3 is 19.2 Å². The molecule has 5 heteroatoms. The molecule has 0 aliphatic carbocycles. The molecule has 0 saturated carbocycles. The Labute approximate surface area is 124 Å². The summed E-state index contributed by atoms with van der Waals surface area (Å²) in [5.41, 5.74) is 2.23. The number of imidazole rings is 1. The van der Waals surface area contributed by atoms with Crippen molar-refractivity contribution < 1.29 is 4.74 Å². The zero-order chi connectivity index (χ0) is 14.1. The molecule has 4 nitrogen and oxygen atoms in total. The minimum Gasteiger partial charge on any atom is -0.497 e. The van der Waals surface area contributed by atoms with E-state index >= 15 is 0 Å². The zero-order valence-corrected chi connectivity index (χ0v) is 12.9. The zero-order valence-electron chi connectivity index (χ0n) is 12.1. The first-order chi connectivity index (χ1) is 9.67. The number of ether oxygens (including phenoxy) is 1. The van der Waals surface area contributed by atoms with Gasteiger partial charge in [0.15, 0.2) is 4.77 Å². The van der Waals surface area contributed by atoms with Crippen LogP contribution in [0.4, 0.5) is 0 Å². The number of hydrogen-bond donors (Lipinski definition) is 1. The van der Waals surface area contributed by atoms with E-state index in [1.54, 1.807) is 7.11 Å². The van der Waals surface area contributed by atoms with Crippen LogP contribution in [0, 0.1) is 10.7 Å². The van der Waals surface area contributed by atoms with Gasteiger partial charge in [0.25, 0.3) is 0 Å². The van der Waals surface area contributed by atoms with Gasteiger partial charge >= 0.3 is 0 Å². The molecule has 1 fully saturated rings. The fourth-order valence-corrected chi connectivity index (χ4v) is 3.23. The summed E-state index contributed by atoms with van der Waals surface area (Å²) in [6.07, 6.45) is 2.49. The predicted molar refractivity (Wildman–Crippen MR) is 83.9 cm³/mol. The Hall–Kier alpha value is -1.33. The number of methoxy groups -OCH3 is 1. The van der Waals surface area contributed by atoms with Gasteiger partial charge in [0.05, 0.1) is 18.1 Å². The molecule has 2 aromatic rings. The summed E-state index contributed by atoms with van der Waals surface area (Å²) in [5, 5.41) is 0. The lowest BCUT2D eigenvalue weighted by molar-refractivity contribution is 0.206. The first-order valence-electron chi connectivity index (χ1n) is 7.12. The molecule has 1 aliphatic rings. The highest BCUT2D eigenvalue weighted by Crippen LogP contribution is 2.24. The van der Waals surface area contributed by atoms with Crippen LogP contribution in [0.15, 0.2) is 18.2 Å². The summed E-state index contributed by atoms with van der Waals surface area (Å²) in [6, 6.07) is 6.07. The third-order valence-electron chi connectivity index (χ3n) is 4.26. The second-order valence-corrected chi connectivity index (χ2v) is 6.06. The van der Waals surface area contributed by atoms with E-state index in [9.17, 15) is 0 Å². The topological polar surface area (TPSA) is 33.2 Å². The SMILES string of the molecule is COc1ccc2[nH]c(=S)n(CC3CCN(C)CC3)c2c1. The van der Waals surface area contributed by atoms with E-state index in [-0.39, 0.29) is 0 Å². The molecular formula is C15H21N3OS. The number of nitrogens with zero attached hydrogens (tertiary/aromatic N) is 2. The number of likely N-dealkylation sites (tertiary alicyclic amines) is 1. The number of H-pyrrole nitrogens is 1. The highest BCUT2D eigenvalue weighted by molar-refractivity contribution is 7.71. The number of hydrogen-bond acceptors (Lipinski definition) is 3. The molecule has 0 spiro atoms. The smallest absolute Gasteiger partial charge is 0.178 e. The average molecular weight is 291 g/mol. The number of benzene rings is 1. The second-order valence-electron chi connectivity index (χ2n) is 5.67. The van der Waals surface area contributed by atoms with Crippen LogP contribution in [0.25, 0.3) is 11.0 Å². The largest absolute Gasteiger partial charge is 0.497 e. The van der Waals surface area contributed by atoms with Gasteiger partial charge in [-0.15, -0.1) is 0 Å². The van der Waals surface area contributed by atoms with Crippen LogP contribution in [0.1, 0.15) is 12.8 Å². The van der Waals surface area contributed by atoms with Gasteiger partial charge in [-0.2, -0.15) is 0 Å². The molecule has 1 aromatic carbocycles. The van der Waals surface area contributed by atoms with Crippen LogP contribution in [-0.4, -0.2) is 41.7 Å². The maximum absolute atomic E-state index is 5.48. The van der Waals surface area contributed by atoms with Gasteiger partial charge in [-0.3, -0.25) is 0 Å². The number of aromatic nitrogens is 2. The summed E-state index contributed by atoms with van der Waals surface area (Å²) in [5.74, 6) is 1.59. The monoisotopic (exact) mass is 291 g/mol. The first kappa shape index (κ1) is 13.6. The molecule has 1 aliphatic heterocycles. The van der Waals surface area contributed by atoms with Crippen molar-refractivity contribution in [3.63, 3.8) is 0 Å². The lowest BCUT2D eigenvalue weighted by Gasteiger charge is -2.29. The summed E-state index contributed by atoms with van der Waals surface area (Å²) in [6.45, 7) is 3.37. The van der Waals surface area contributed by atoms with Crippen molar-refractivity contribution >= 4 is 23.3 Å². The summed E-state index contributed by atoms with van der Waals surface area (Å²) < 4.78 is 8.36. The summed E-state index contributed by atoms with van der Waals surface area (Å²) >= 11 is 5.48. The van der Waals surface area contributed by atoms with Crippen molar-refractivity contribution in [2.45, 2.75) is 19.4 Å². The van der Waals surface area contributed by atoms with E-state index in [1.807, 2.05) is 12.1 Å². The fourth-order valence-electron chi connectivity index (χ4n) is 2.94. The van der Waals surface area contributed by atoms with E-state index < -0.39 is 0 Å². The van der Waals surface area contributed by atoms with Gasteiger partial charge in [0, 0.05) is 12.6 Å². The molecule has 0 atom stereocenters. The number of fused-ring (bicyclic) bond motifs is 1. The Balaban J connectivity index is 1.90. The van der Waals surface area contributed by atoms with Crippen molar-refractivity contribution in [2.24, 2.45) is 5.92 Å². The number of piperidine rings is 1. The molecule has 108 valence electrons. The highest BCUT2D eigenvalue weighted by Gasteiger charge is 2.18. The Kier molecular flexibility index (Phi) is 3.81. The first-order valence-corrected chi connectivity index (χ1v) is 7.53. The highest BCUT2D eigenvalue weighted by atomic mass is 32.1. The lowest BCUT2D eigenvalue weighted by atomic mass is 9.97. The van der Waals surface area contributed by atoms with Crippen LogP contribution in [0.5, 0.6) is 5.75 Å². The quantitative estimate of drug-likeness (QED) is 0.882. The molecule has 0 amide bonds. The van der Waals surface area contributed by atoms with Crippen LogP contribution in [0.2, 0.25) is 0 Å². The predicted octanol–water partition coefficient (Wildman–Crippen LogP) is 3.05. The molecule has 1 saturated heterocycles. The maximum atomic E-state index is 5.48. The lowest BCUT2D eigenvalue weighted by Crippen LogP contribution is -2.31. The maximum Gasteiger partial charge on any atom is 0.178 e. The number of rotatable bonds is 3. The molecule has 1 N–H and O–H groups in total. The number of nitrogens with one attached hydrogen (secondary N) is 1. The van der Waals surface area contributed by atoms with Crippen molar-refractivity contribution in [3.05, 3.63) is 23.0 Å². The van der Waals surface area contributed by atoms with Crippen LogP contribution in [0.3, 0.4) is 0 Å². The molecule has 0 radical (unpaired) electrons. The second kappa shape index (κ2) is 5.58. The van der Waals surface area contributed by atoms with Crippen molar-refractivity contribution in [1.29, 1.82) is 0 Å². The van der Waals surface area contributed by atoms with E-state index in [0.29, 0.717) is 5.92 Å². The Morgan fingerprint density at radius 1 is 1.35 bits per heavy atom. The van der Waals surface area contributed by atoms with Crippen LogP contribution >= 0.6 is 12.2 Å². The normalized spacial score (nSPS) is 17.7. The Morgan fingerprint density at radius 3 is 2.80 bits per heavy atom. The van der Waals surface area contributed by atoms with Gasteiger partial charge in [-0.05, 0) is 63.2 Å². The van der Waals surface area contributed by atoms with Crippen molar-refractivity contribution in [3.8, 4) is 5.75 Å². The third kappa shape index (κ3) is 2.60. The van der Waals surface area contributed by atoms with E-state index in [1.165, 1.54) is 25.9 Å². The molecule has 0 unspecified atom stereocenters. The standard InChI is InChI=1S/C15H21N3OS/c1-17-7-5-11(6-8-17)10-18-14-9-12(19-2)3-4-13(14)16-15(18)20/h3-4,9,11H,5-8,10H2,1-2H3,(H,16,20). The van der Waals surface area contributed by atoms with Gasteiger partial charge in [0.1, 0.15) is 5.75 Å². The molecule has 20 heavy (non-hydrogen) atoms. The summed E-state index contributed by atoms with van der Waals surface area (Å²) in [4.78, 5) is 5.69. The van der Waals surface area contributed by atoms with Crippen molar-refractivity contribution in [2.75, 3.05) is 27.2 Å². The van der Waals surface area contributed by atoms with Gasteiger partial charge in [-0.1, -0.05) is 0 Å².